The van der Waals surface area contributed by atoms with Gasteiger partial charge in [0.05, 0.1) is 0 Å². The molecule has 0 amide bonds. The Hall–Kier alpha value is -1.09. The molecule has 1 aromatic rings. The minimum atomic E-state index is 0.406. The molecule has 3 heteroatoms. The highest BCUT2D eigenvalue weighted by molar-refractivity contribution is 7.80. The molecule has 0 aromatic heterocycles. The van der Waals surface area contributed by atoms with Gasteiger partial charge >= 0.3 is 0 Å². The van der Waals surface area contributed by atoms with Gasteiger partial charge in [-0.2, -0.15) is 0 Å². The number of anilines is 1. The summed E-state index contributed by atoms with van der Waals surface area (Å²) in [4.78, 5) is 0. The molecule has 100 valence electrons. The summed E-state index contributed by atoms with van der Waals surface area (Å²) in [5, 5.41) is 7.39. The van der Waals surface area contributed by atoms with Crippen LogP contribution >= 0.6 is 12.2 Å². The number of aryl methyl sites for hydroxylation is 2. The van der Waals surface area contributed by atoms with Gasteiger partial charge in [0.25, 0.3) is 0 Å². The maximum absolute atomic E-state index is 5.37. The number of para-hydroxylation sites is 1. The quantitative estimate of drug-likeness (QED) is 0.789. The highest BCUT2D eigenvalue weighted by Crippen LogP contribution is 2.22. The molecule has 1 atom stereocenters. The van der Waals surface area contributed by atoms with Crippen molar-refractivity contribution in [3.63, 3.8) is 0 Å². The third-order valence-electron chi connectivity index (χ3n) is 3.23. The maximum Gasteiger partial charge on any atom is 0.171 e. The molecule has 0 saturated carbocycles. The van der Waals surface area contributed by atoms with Crippen LogP contribution in [0.5, 0.6) is 0 Å². The Morgan fingerprint density at radius 1 is 1.17 bits per heavy atom. The van der Waals surface area contributed by atoms with Gasteiger partial charge in [0, 0.05) is 11.7 Å². The third-order valence-corrected chi connectivity index (χ3v) is 3.45. The minimum absolute atomic E-state index is 0.406. The molecule has 0 aliphatic heterocycles. The number of benzene rings is 1. The molecule has 1 unspecified atom stereocenters. The van der Waals surface area contributed by atoms with Crippen LogP contribution in [0.3, 0.4) is 0 Å². The number of nitrogens with one attached hydrogen (secondary N) is 2. The average Bonchev–Trinajstić information content (AvgIpc) is 2.38. The van der Waals surface area contributed by atoms with Crippen molar-refractivity contribution in [1.82, 2.24) is 5.32 Å². The van der Waals surface area contributed by atoms with Crippen molar-refractivity contribution in [2.45, 2.75) is 53.0 Å². The van der Waals surface area contributed by atoms with E-state index in [4.69, 9.17) is 12.2 Å². The Morgan fingerprint density at radius 2 is 1.72 bits per heavy atom. The molecule has 18 heavy (non-hydrogen) atoms. The average molecular weight is 264 g/mol. The summed E-state index contributed by atoms with van der Waals surface area (Å²) >= 11 is 5.37. The topological polar surface area (TPSA) is 24.1 Å². The Bertz CT molecular complexity index is 379. The van der Waals surface area contributed by atoms with Crippen LogP contribution in [0, 0.1) is 0 Å². The summed E-state index contributed by atoms with van der Waals surface area (Å²) in [5.74, 6) is 0. The van der Waals surface area contributed by atoms with E-state index in [1.54, 1.807) is 0 Å². The molecule has 0 saturated heterocycles. The second-order valence-corrected chi connectivity index (χ2v) is 4.97. The first-order valence-corrected chi connectivity index (χ1v) is 7.21. The van der Waals surface area contributed by atoms with Gasteiger partial charge in [-0.15, -0.1) is 0 Å². The highest BCUT2D eigenvalue weighted by Gasteiger charge is 2.08. The second kappa shape index (κ2) is 7.37. The first-order valence-electron chi connectivity index (χ1n) is 6.80. The first-order chi connectivity index (χ1) is 8.62. The van der Waals surface area contributed by atoms with Gasteiger partial charge in [-0.25, -0.2) is 0 Å². The molecule has 0 spiro atoms. The van der Waals surface area contributed by atoms with Crippen molar-refractivity contribution in [2.75, 3.05) is 5.32 Å². The molecule has 0 bridgehead atoms. The van der Waals surface area contributed by atoms with Crippen molar-refractivity contribution in [3.05, 3.63) is 29.3 Å². The van der Waals surface area contributed by atoms with E-state index in [2.05, 4.69) is 56.5 Å². The molecule has 0 aliphatic rings. The monoisotopic (exact) mass is 264 g/mol. The van der Waals surface area contributed by atoms with E-state index in [1.165, 1.54) is 16.8 Å². The van der Waals surface area contributed by atoms with Crippen LogP contribution in [0.1, 0.15) is 45.2 Å². The van der Waals surface area contributed by atoms with Gasteiger partial charge in [0.15, 0.2) is 5.11 Å². The standard InChI is InChI=1S/C15H24N2S/c1-5-11(4)16-15(18)17-14-12(6-2)9-8-10-13(14)7-3/h8-11H,5-7H2,1-4H3,(H2,16,17,18). The zero-order valence-corrected chi connectivity index (χ0v) is 12.7. The van der Waals surface area contributed by atoms with Crippen LogP contribution in [0.2, 0.25) is 0 Å². The first kappa shape index (κ1) is 15.0. The number of rotatable bonds is 5. The lowest BCUT2D eigenvalue weighted by molar-refractivity contribution is 0.646. The van der Waals surface area contributed by atoms with Crippen molar-refractivity contribution in [2.24, 2.45) is 0 Å². The Kier molecular flexibility index (Phi) is 6.13. The maximum atomic E-state index is 5.37. The van der Waals surface area contributed by atoms with E-state index in [0.717, 1.165) is 24.4 Å². The fourth-order valence-electron chi connectivity index (χ4n) is 1.88. The predicted octanol–water partition coefficient (Wildman–Crippen LogP) is 3.90. The fraction of sp³-hybridized carbons (Fsp3) is 0.533. The van der Waals surface area contributed by atoms with Crippen LogP contribution in [0.15, 0.2) is 18.2 Å². The summed E-state index contributed by atoms with van der Waals surface area (Å²) in [6.07, 6.45) is 3.10. The van der Waals surface area contributed by atoms with Crippen LogP contribution in [0.25, 0.3) is 0 Å². The van der Waals surface area contributed by atoms with E-state index in [-0.39, 0.29) is 0 Å². The Balaban J connectivity index is 2.85. The SMILES string of the molecule is CCc1cccc(CC)c1NC(=S)NC(C)CC. The third kappa shape index (κ3) is 3.98. The summed E-state index contributed by atoms with van der Waals surface area (Å²) in [6.45, 7) is 8.63. The minimum Gasteiger partial charge on any atom is -0.360 e. The lowest BCUT2D eigenvalue weighted by Gasteiger charge is -2.19. The van der Waals surface area contributed by atoms with Crippen LogP contribution in [-0.2, 0) is 12.8 Å². The van der Waals surface area contributed by atoms with Gasteiger partial charge in [-0.05, 0) is 49.5 Å². The fourth-order valence-corrected chi connectivity index (χ4v) is 2.18. The van der Waals surface area contributed by atoms with Crippen molar-refractivity contribution >= 4 is 23.0 Å². The van der Waals surface area contributed by atoms with Crippen molar-refractivity contribution < 1.29 is 0 Å². The molecule has 1 aromatic carbocycles. The molecule has 1 rings (SSSR count). The molecular weight excluding hydrogens is 240 g/mol. The molecular formula is C15H24N2S. The Morgan fingerprint density at radius 3 is 2.17 bits per heavy atom. The lowest BCUT2D eigenvalue weighted by atomic mass is 10.0. The molecule has 2 N–H and O–H groups in total. The highest BCUT2D eigenvalue weighted by atomic mass is 32.1. The van der Waals surface area contributed by atoms with E-state index in [0.29, 0.717) is 6.04 Å². The molecule has 0 radical (unpaired) electrons. The van der Waals surface area contributed by atoms with Crippen molar-refractivity contribution in [1.29, 1.82) is 0 Å². The van der Waals surface area contributed by atoms with Gasteiger partial charge < -0.3 is 10.6 Å². The molecule has 2 nitrogen and oxygen atoms in total. The smallest absolute Gasteiger partial charge is 0.171 e. The molecule has 0 heterocycles. The van der Waals surface area contributed by atoms with Gasteiger partial charge in [-0.3, -0.25) is 0 Å². The van der Waals surface area contributed by atoms with Crippen LogP contribution < -0.4 is 10.6 Å². The summed E-state index contributed by atoms with van der Waals surface area (Å²) in [6, 6.07) is 6.85. The predicted molar refractivity (Wildman–Crippen MR) is 84.3 cm³/mol. The van der Waals surface area contributed by atoms with Crippen LogP contribution in [-0.4, -0.2) is 11.2 Å². The van der Waals surface area contributed by atoms with E-state index in [9.17, 15) is 0 Å². The summed E-state index contributed by atoms with van der Waals surface area (Å²) in [7, 11) is 0. The number of thiocarbonyl (C=S) groups is 1. The summed E-state index contributed by atoms with van der Waals surface area (Å²) in [5.41, 5.74) is 3.83. The molecule has 0 fully saturated rings. The molecule has 0 aliphatic carbocycles. The van der Waals surface area contributed by atoms with Gasteiger partial charge in [-0.1, -0.05) is 39.0 Å². The lowest BCUT2D eigenvalue weighted by Crippen LogP contribution is -2.35. The zero-order chi connectivity index (χ0) is 13.5. The Labute approximate surface area is 116 Å². The second-order valence-electron chi connectivity index (χ2n) is 4.57. The zero-order valence-electron chi connectivity index (χ0n) is 11.8. The van der Waals surface area contributed by atoms with Gasteiger partial charge in [0.2, 0.25) is 0 Å². The summed E-state index contributed by atoms with van der Waals surface area (Å²) < 4.78 is 0. The number of hydrogen-bond donors (Lipinski definition) is 2. The van der Waals surface area contributed by atoms with Crippen LogP contribution in [0.4, 0.5) is 5.69 Å². The number of hydrogen-bond acceptors (Lipinski definition) is 1. The van der Waals surface area contributed by atoms with Crippen molar-refractivity contribution in [3.8, 4) is 0 Å². The van der Waals surface area contributed by atoms with E-state index in [1.807, 2.05) is 0 Å². The van der Waals surface area contributed by atoms with E-state index < -0.39 is 0 Å². The van der Waals surface area contributed by atoms with E-state index >= 15 is 0 Å². The van der Waals surface area contributed by atoms with Gasteiger partial charge in [0.1, 0.15) is 0 Å². The largest absolute Gasteiger partial charge is 0.360 e. The normalized spacial score (nSPS) is 12.0.